The number of hydrogen-bond donors (Lipinski definition) is 1. The average molecular weight is 225 g/mol. The van der Waals surface area contributed by atoms with Gasteiger partial charge in [-0.25, -0.2) is 0 Å². The first-order valence-corrected chi connectivity index (χ1v) is 6.52. The fourth-order valence-electron chi connectivity index (χ4n) is 1.94. The Balaban J connectivity index is 1.72. The van der Waals surface area contributed by atoms with Gasteiger partial charge < -0.3 is 10.1 Å². The lowest BCUT2D eigenvalue weighted by atomic mass is 9.82. The Morgan fingerprint density at radius 3 is 2.93 bits per heavy atom. The zero-order chi connectivity index (χ0) is 10.6. The fourth-order valence-corrected chi connectivity index (χ4v) is 2.61. The Morgan fingerprint density at radius 1 is 1.47 bits per heavy atom. The van der Waals surface area contributed by atoms with Crippen LogP contribution in [0.25, 0.3) is 0 Å². The summed E-state index contributed by atoms with van der Waals surface area (Å²) in [6.07, 6.45) is 2.37. The van der Waals surface area contributed by atoms with Crippen molar-refractivity contribution in [2.45, 2.75) is 26.3 Å². The highest BCUT2D eigenvalue weighted by Gasteiger charge is 2.26. The van der Waals surface area contributed by atoms with Gasteiger partial charge in [0.2, 0.25) is 0 Å². The van der Waals surface area contributed by atoms with Crippen LogP contribution in [0.4, 0.5) is 0 Å². The molecule has 1 saturated heterocycles. The molecule has 0 radical (unpaired) electrons. The van der Waals surface area contributed by atoms with E-state index in [-0.39, 0.29) is 0 Å². The topological polar surface area (TPSA) is 21.3 Å². The summed E-state index contributed by atoms with van der Waals surface area (Å²) in [4.78, 5) is 0. The lowest BCUT2D eigenvalue weighted by molar-refractivity contribution is 0.0240. The Kier molecular flexibility index (Phi) is 3.78. The molecule has 0 saturated carbocycles. The van der Waals surface area contributed by atoms with Crippen LogP contribution in [-0.4, -0.2) is 19.8 Å². The van der Waals surface area contributed by atoms with Crippen LogP contribution >= 0.6 is 11.3 Å². The van der Waals surface area contributed by atoms with Crippen molar-refractivity contribution in [3.63, 3.8) is 0 Å². The normalized spacial score (nSPS) is 20.3. The standard InChI is InChI=1S/C12H19NOS/c1-12(3-5-14-6-4-12)10-13-8-11-2-7-15-9-11/h2,7,9,13H,3-6,8,10H2,1H3. The Morgan fingerprint density at radius 2 is 2.27 bits per heavy atom. The van der Waals surface area contributed by atoms with Crippen molar-refractivity contribution in [3.8, 4) is 0 Å². The van der Waals surface area contributed by atoms with Crippen LogP contribution in [0.3, 0.4) is 0 Å². The molecule has 0 atom stereocenters. The van der Waals surface area contributed by atoms with Crippen molar-refractivity contribution in [1.29, 1.82) is 0 Å². The van der Waals surface area contributed by atoms with Crippen molar-refractivity contribution in [2.24, 2.45) is 5.41 Å². The summed E-state index contributed by atoms with van der Waals surface area (Å²) < 4.78 is 5.39. The van der Waals surface area contributed by atoms with Gasteiger partial charge in [0.15, 0.2) is 0 Å². The van der Waals surface area contributed by atoms with Crippen LogP contribution in [0.15, 0.2) is 16.8 Å². The second-order valence-electron chi connectivity index (χ2n) is 4.66. The minimum Gasteiger partial charge on any atom is -0.381 e. The summed E-state index contributed by atoms with van der Waals surface area (Å²) in [5, 5.41) is 7.89. The molecular weight excluding hydrogens is 206 g/mol. The summed E-state index contributed by atoms with van der Waals surface area (Å²) in [7, 11) is 0. The van der Waals surface area contributed by atoms with E-state index < -0.39 is 0 Å². The minimum atomic E-state index is 0.439. The van der Waals surface area contributed by atoms with E-state index in [0.717, 1.165) is 26.3 Å². The average Bonchev–Trinajstić information content (AvgIpc) is 2.71. The maximum atomic E-state index is 5.39. The second kappa shape index (κ2) is 5.10. The molecule has 1 aromatic heterocycles. The molecular formula is C12H19NOS. The van der Waals surface area contributed by atoms with Gasteiger partial charge in [-0.05, 0) is 40.6 Å². The van der Waals surface area contributed by atoms with E-state index in [2.05, 4.69) is 29.1 Å². The van der Waals surface area contributed by atoms with Crippen LogP contribution in [0.5, 0.6) is 0 Å². The maximum Gasteiger partial charge on any atom is 0.0471 e. The molecule has 0 unspecified atom stereocenters. The molecule has 15 heavy (non-hydrogen) atoms. The van der Waals surface area contributed by atoms with Gasteiger partial charge in [0.25, 0.3) is 0 Å². The van der Waals surface area contributed by atoms with Crippen molar-refractivity contribution in [2.75, 3.05) is 19.8 Å². The smallest absolute Gasteiger partial charge is 0.0471 e. The molecule has 84 valence electrons. The van der Waals surface area contributed by atoms with Crippen LogP contribution in [-0.2, 0) is 11.3 Å². The second-order valence-corrected chi connectivity index (χ2v) is 5.44. The molecule has 0 bridgehead atoms. The molecule has 1 aliphatic heterocycles. The summed E-state index contributed by atoms with van der Waals surface area (Å²) in [5.41, 5.74) is 1.84. The first-order chi connectivity index (χ1) is 7.29. The van der Waals surface area contributed by atoms with E-state index in [0.29, 0.717) is 5.41 Å². The van der Waals surface area contributed by atoms with Gasteiger partial charge in [-0.15, -0.1) is 0 Å². The van der Waals surface area contributed by atoms with E-state index in [1.165, 1.54) is 18.4 Å². The van der Waals surface area contributed by atoms with Gasteiger partial charge in [0.05, 0.1) is 0 Å². The summed E-state index contributed by atoms with van der Waals surface area (Å²) in [6.45, 7) is 6.32. The predicted molar refractivity (Wildman–Crippen MR) is 64.2 cm³/mol. The molecule has 2 nitrogen and oxygen atoms in total. The zero-order valence-corrected chi connectivity index (χ0v) is 10.1. The van der Waals surface area contributed by atoms with E-state index in [1.807, 2.05) is 0 Å². The van der Waals surface area contributed by atoms with Crippen LogP contribution in [0, 0.1) is 5.41 Å². The van der Waals surface area contributed by atoms with Crippen LogP contribution < -0.4 is 5.32 Å². The maximum absolute atomic E-state index is 5.39. The van der Waals surface area contributed by atoms with Crippen molar-refractivity contribution < 1.29 is 4.74 Å². The molecule has 1 fully saturated rings. The van der Waals surface area contributed by atoms with Crippen LogP contribution in [0.2, 0.25) is 0 Å². The van der Waals surface area contributed by atoms with Gasteiger partial charge in [-0.3, -0.25) is 0 Å². The van der Waals surface area contributed by atoms with Gasteiger partial charge in [-0.2, -0.15) is 11.3 Å². The molecule has 0 aliphatic carbocycles. The summed E-state index contributed by atoms with van der Waals surface area (Å²) >= 11 is 1.76. The molecule has 0 amide bonds. The lowest BCUT2D eigenvalue weighted by Gasteiger charge is -2.33. The van der Waals surface area contributed by atoms with Crippen molar-refractivity contribution >= 4 is 11.3 Å². The highest BCUT2D eigenvalue weighted by Crippen LogP contribution is 2.28. The molecule has 3 heteroatoms. The van der Waals surface area contributed by atoms with Crippen molar-refractivity contribution in [3.05, 3.63) is 22.4 Å². The fraction of sp³-hybridized carbons (Fsp3) is 0.667. The number of thiophene rings is 1. The highest BCUT2D eigenvalue weighted by molar-refractivity contribution is 7.07. The number of rotatable bonds is 4. The summed E-state index contributed by atoms with van der Waals surface area (Å²) in [5.74, 6) is 0. The van der Waals surface area contributed by atoms with Gasteiger partial charge in [0.1, 0.15) is 0 Å². The largest absolute Gasteiger partial charge is 0.381 e. The number of hydrogen-bond acceptors (Lipinski definition) is 3. The quantitative estimate of drug-likeness (QED) is 0.850. The van der Waals surface area contributed by atoms with Crippen LogP contribution in [0.1, 0.15) is 25.3 Å². The SMILES string of the molecule is CC1(CNCc2ccsc2)CCOCC1. The molecule has 0 spiro atoms. The third-order valence-electron chi connectivity index (χ3n) is 3.16. The molecule has 0 aromatic carbocycles. The first kappa shape index (κ1) is 11.1. The minimum absolute atomic E-state index is 0.439. The first-order valence-electron chi connectivity index (χ1n) is 5.58. The third-order valence-corrected chi connectivity index (χ3v) is 3.89. The van der Waals surface area contributed by atoms with Gasteiger partial charge in [-0.1, -0.05) is 6.92 Å². The van der Waals surface area contributed by atoms with Gasteiger partial charge in [0, 0.05) is 26.3 Å². The lowest BCUT2D eigenvalue weighted by Crippen LogP contribution is -2.36. The highest BCUT2D eigenvalue weighted by atomic mass is 32.1. The molecule has 2 heterocycles. The Bertz CT molecular complexity index is 278. The van der Waals surface area contributed by atoms with E-state index >= 15 is 0 Å². The zero-order valence-electron chi connectivity index (χ0n) is 9.29. The Hall–Kier alpha value is -0.380. The third kappa shape index (κ3) is 3.30. The van der Waals surface area contributed by atoms with E-state index in [9.17, 15) is 0 Å². The molecule has 1 aromatic rings. The van der Waals surface area contributed by atoms with Gasteiger partial charge >= 0.3 is 0 Å². The molecule has 2 rings (SSSR count). The molecule has 1 N–H and O–H groups in total. The monoisotopic (exact) mass is 225 g/mol. The summed E-state index contributed by atoms with van der Waals surface area (Å²) in [6, 6.07) is 2.18. The predicted octanol–water partition coefficient (Wildman–Crippen LogP) is 2.65. The molecule has 1 aliphatic rings. The van der Waals surface area contributed by atoms with E-state index in [1.54, 1.807) is 11.3 Å². The van der Waals surface area contributed by atoms with E-state index in [4.69, 9.17) is 4.74 Å². The number of ether oxygens (including phenoxy) is 1. The number of nitrogens with one attached hydrogen (secondary N) is 1. The Labute approximate surface area is 95.6 Å². The van der Waals surface area contributed by atoms with Crippen molar-refractivity contribution in [1.82, 2.24) is 5.32 Å².